The van der Waals surface area contributed by atoms with E-state index in [9.17, 15) is 4.79 Å². The van der Waals surface area contributed by atoms with E-state index in [2.05, 4.69) is 69.6 Å². The van der Waals surface area contributed by atoms with Crippen LogP contribution >= 0.6 is 0 Å². The summed E-state index contributed by atoms with van der Waals surface area (Å²) in [7, 11) is 2.10. The Hall–Kier alpha value is -2.51. The van der Waals surface area contributed by atoms with E-state index in [-0.39, 0.29) is 5.91 Å². The van der Waals surface area contributed by atoms with Crippen molar-refractivity contribution in [2.24, 2.45) is 5.92 Å². The van der Waals surface area contributed by atoms with E-state index >= 15 is 0 Å². The molecule has 2 aliphatic rings. The molecule has 1 N–H and O–H groups in total. The van der Waals surface area contributed by atoms with Gasteiger partial charge in [-0.15, -0.1) is 0 Å². The topological polar surface area (TPSA) is 74.5 Å². The highest BCUT2D eigenvalue weighted by Crippen LogP contribution is 2.21. The number of piperidine rings is 1. The van der Waals surface area contributed by atoms with Gasteiger partial charge in [0.25, 0.3) is 0 Å². The number of rotatable bonds is 8. The number of amides is 1. The Morgan fingerprint density at radius 1 is 1.22 bits per heavy atom. The predicted octanol–water partition coefficient (Wildman–Crippen LogP) is 3.06. The van der Waals surface area contributed by atoms with E-state index in [0.717, 1.165) is 64.1 Å². The predicted molar refractivity (Wildman–Crippen MR) is 125 cm³/mol. The number of carbonyl (C=O) groups excluding carboxylic acids is 1. The molecule has 32 heavy (non-hydrogen) atoms. The number of nitrogens with one attached hydrogen (secondary N) is 1. The summed E-state index contributed by atoms with van der Waals surface area (Å²) >= 11 is 0. The smallest absolute Gasteiger partial charge is 0.227 e. The Bertz CT molecular complexity index is 930. The lowest BCUT2D eigenvalue weighted by molar-refractivity contribution is -0.121. The summed E-state index contributed by atoms with van der Waals surface area (Å²) in [5.41, 5.74) is 3.91. The van der Waals surface area contributed by atoms with Gasteiger partial charge < -0.3 is 14.7 Å². The fourth-order valence-corrected chi connectivity index (χ4v) is 4.40. The van der Waals surface area contributed by atoms with Crippen LogP contribution in [0.25, 0.3) is 5.57 Å². The number of carbonyl (C=O) groups is 1. The van der Waals surface area contributed by atoms with Gasteiger partial charge in [-0.1, -0.05) is 35.5 Å². The van der Waals surface area contributed by atoms with Gasteiger partial charge >= 0.3 is 0 Å². The van der Waals surface area contributed by atoms with Crippen LogP contribution in [0.15, 0.2) is 34.9 Å². The molecule has 1 fully saturated rings. The Balaban J connectivity index is 1.14. The number of likely N-dealkylation sites (tertiary alicyclic amines) is 1. The normalized spacial score (nSPS) is 18.5. The van der Waals surface area contributed by atoms with Crippen molar-refractivity contribution < 1.29 is 9.32 Å². The van der Waals surface area contributed by atoms with Crippen molar-refractivity contribution in [1.29, 1.82) is 0 Å². The number of aryl methyl sites for hydroxylation is 2. The second-order valence-corrected chi connectivity index (χ2v) is 9.20. The zero-order valence-corrected chi connectivity index (χ0v) is 19.3. The molecule has 2 aliphatic heterocycles. The molecule has 1 aromatic heterocycles. The molecule has 7 nitrogen and oxygen atoms in total. The van der Waals surface area contributed by atoms with Gasteiger partial charge in [-0.25, -0.2) is 0 Å². The van der Waals surface area contributed by atoms with Gasteiger partial charge in [0.05, 0.1) is 0 Å². The molecule has 172 valence electrons. The summed E-state index contributed by atoms with van der Waals surface area (Å²) in [6.07, 6.45) is 6.21. The molecule has 0 saturated carbocycles. The maximum atomic E-state index is 12.3. The molecule has 0 atom stereocenters. The third kappa shape index (κ3) is 6.26. The number of aromatic nitrogens is 2. The van der Waals surface area contributed by atoms with Crippen LogP contribution in [0, 0.1) is 12.8 Å². The van der Waals surface area contributed by atoms with Crippen LogP contribution in [0.4, 0.5) is 0 Å². The van der Waals surface area contributed by atoms with Crippen LogP contribution in [-0.2, 0) is 17.8 Å². The van der Waals surface area contributed by atoms with Crippen LogP contribution in [0.5, 0.6) is 0 Å². The first-order valence-corrected chi connectivity index (χ1v) is 11.8. The molecule has 0 unspecified atom stereocenters. The van der Waals surface area contributed by atoms with Crippen molar-refractivity contribution >= 4 is 11.5 Å². The van der Waals surface area contributed by atoms with Crippen molar-refractivity contribution in [3.8, 4) is 0 Å². The Morgan fingerprint density at radius 2 is 2.03 bits per heavy atom. The zero-order valence-electron chi connectivity index (χ0n) is 19.3. The summed E-state index contributed by atoms with van der Waals surface area (Å²) in [5, 5.41) is 7.20. The van der Waals surface area contributed by atoms with Gasteiger partial charge in [0.15, 0.2) is 5.82 Å². The van der Waals surface area contributed by atoms with E-state index in [1.54, 1.807) is 0 Å². The maximum Gasteiger partial charge on any atom is 0.227 e. The SMILES string of the molecule is Cc1ccccc1CN1CCC(CNC(=O)CCc2nc(C3=CCN(C)CC3)no2)CC1. The van der Waals surface area contributed by atoms with E-state index in [1.807, 2.05) is 0 Å². The summed E-state index contributed by atoms with van der Waals surface area (Å²) in [4.78, 5) is 21.6. The first-order valence-electron chi connectivity index (χ1n) is 11.8. The van der Waals surface area contributed by atoms with Crippen molar-refractivity contribution in [2.45, 2.75) is 45.6 Å². The molecule has 1 aromatic carbocycles. The lowest BCUT2D eigenvalue weighted by Gasteiger charge is -2.32. The van der Waals surface area contributed by atoms with E-state index in [1.165, 1.54) is 11.1 Å². The minimum atomic E-state index is 0.0607. The highest BCUT2D eigenvalue weighted by atomic mass is 16.5. The van der Waals surface area contributed by atoms with Crippen LogP contribution in [-0.4, -0.2) is 65.6 Å². The molecule has 4 rings (SSSR count). The number of hydrogen-bond donors (Lipinski definition) is 1. The van der Waals surface area contributed by atoms with Gasteiger partial charge in [0.2, 0.25) is 11.8 Å². The molecular weight excluding hydrogens is 402 g/mol. The Labute approximate surface area is 190 Å². The van der Waals surface area contributed by atoms with Gasteiger partial charge in [0, 0.05) is 39.0 Å². The number of benzene rings is 1. The molecule has 0 radical (unpaired) electrons. The standard InChI is InChI=1S/C25H35N5O2/c1-19-5-3-4-6-22(19)18-30-15-9-20(10-16-30)17-26-23(31)7-8-24-27-25(28-32-24)21-11-13-29(2)14-12-21/h3-6,11,20H,7-10,12-18H2,1-2H3,(H,26,31). The third-order valence-electron chi connectivity index (χ3n) is 6.68. The average Bonchev–Trinajstić information content (AvgIpc) is 3.28. The largest absolute Gasteiger partial charge is 0.356 e. The molecule has 2 aromatic rings. The minimum absolute atomic E-state index is 0.0607. The maximum absolute atomic E-state index is 12.3. The third-order valence-corrected chi connectivity index (χ3v) is 6.68. The molecular formula is C25H35N5O2. The monoisotopic (exact) mass is 437 g/mol. The molecule has 7 heteroatoms. The van der Waals surface area contributed by atoms with Crippen molar-refractivity contribution in [2.75, 3.05) is 39.8 Å². The second-order valence-electron chi connectivity index (χ2n) is 9.20. The second kappa shape index (κ2) is 10.9. The molecule has 0 spiro atoms. The van der Waals surface area contributed by atoms with E-state index in [4.69, 9.17) is 4.52 Å². The summed E-state index contributed by atoms with van der Waals surface area (Å²) < 4.78 is 5.36. The van der Waals surface area contributed by atoms with Gasteiger partial charge in [0.1, 0.15) is 0 Å². The average molecular weight is 438 g/mol. The van der Waals surface area contributed by atoms with Crippen molar-refractivity contribution in [3.63, 3.8) is 0 Å². The lowest BCUT2D eigenvalue weighted by Crippen LogP contribution is -2.38. The molecule has 0 aliphatic carbocycles. The highest BCUT2D eigenvalue weighted by molar-refractivity contribution is 5.76. The minimum Gasteiger partial charge on any atom is -0.356 e. The molecule has 3 heterocycles. The van der Waals surface area contributed by atoms with Gasteiger partial charge in [-0.2, -0.15) is 4.98 Å². The van der Waals surface area contributed by atoms with E-state index in [0.29, 0.717) is 30.5 Å². The summed E-state index contributed by atoms with van der Waals surface area (Å²) in [6, 6.07) is 8.61. The first kappa shape index (κ1) is 22.7. The lowest BCUT2D eigenvalue weighted by atomic mass is 9.96. The fourth-order valence-electron chi connectivity index (χ4n) is 4.40. The fraction of sp³-hybridized carbons (Fsp3) is 0.560. The van der Waals surface area contributed by atoms with Crippen LogP contribution in [0.3, 0.4) is 0 Å². The number of nitrogens with zero attached hydrogens (tertiary/aromatic N) is 4. The quantitative estimate of drug-likeness (QED) is 0.684. The molecule has 1 saturated heterocycles. The van der Waals surface area contributed by atoms with Crippen LogP contribution in [0.2, 0.25) is 0 Å². The highest BCUT2D eigenvalue weighted by Gasteiger charge is 2.20. The summed E-state index contributed by atoms with van der Waals surface area (Å²) in [5.74, 6) is 1.83. The van der Waals surface area contributed by atoms with Gasteiger partial charge in [-0.05, 0) is 68.9 Å². The van der Waals surface area contributed by atoms with E-state index < -0.39 is 0 Å². The number of hydrogen-bond acceptors (Lipinski definition) is 6. The van der Waals surface area contributed by atoms with Crippen LogP contribution in [0.1, 0.15) is 48.5 Å². The molecule has 1 amide bonds. The first-order chi connectivity index (χ1) is 15.6. The van der Waals surface area contributed by atoms with Crippen molar-refractivity contribution in [3.05, 3.63) is 53.2 Å². The zero-order chi connectivity index (χ0) is 22.3. The van der Waals surface area contributed by atoms with Crippen molar-refractivity contribution in [1.82, 2.24) is 25.3 Å². The molecule has 0 bridgehead atoms. The number of likely N-dealkylation sites (N-methyl/N-ethyl adjacent to an activating group) is 1. The van der Waals surface area contributed by atoms with Crippen LogP contribution < -0.4 is 5.32 Å². The Morgan fingerprint density at radius 3 is 2.78 bits per heavy atom. The van der Waals surface area contributed by atoms with Gasteiger partial charge in [-0.3, -0.25) is 9.69 Å². The Kier molecular flexibility index (Phi) is 7.71. The summed E-state index contributed by atoms with van der Waals surface area (Å²) in [6.45, 7) is 8.04.